The molecule has 94 valence electrons. The molecule has 2 fully saturated rings. The van der Waals surface area contributed by atoms with Gasteiger partial charge in [-0.15, -0.1) is 0 Å². The molecule has 2 amide bonds. The van der Waals surface area contributed by atoms with Gasteiger partial charge in [-0.1, -0.05) is 0 Å². The molecule has 0 aromatic carbocycles. The van der Waals surface area contributed by atoms with Crippen LogP contribution in [0.3, 0.4) is 0 Å². The lowest BCUT2D eigenvalue weighted by atomic mass is 9.98. The standard InChI is InChI=1S/C11H16N2O4/c1-11(10(16)17)5-2-6-13(11)9(15)7-3-4-8(14)12-7/h7H,2-6H2,1H3,(H,12,14)(H,16,17). The Morgan fingerprint density at radius 2 is 2.24 bits per heavy atom. The van der Waals surface area contributed by atoms with Crippen molar-refractivity contribution in [1.29, 1.82) is 0 Å². The first-order valence-electron chi connectivity index (χ1n) is 5.79. The van der Waals surface area contributed by atoms with Gasteiger partial charge < -0.3 is 15.3 Å². The first kappa shape index (κ1) is 11.9. The van der Waals surface area contributed by atoms with E-state index in [0.29, 0.717) is 32.2 Å². The third-order valence-electron chi connectivity index (χ3n) is 3.66. The number of rotatable bonds is 2. The lowest BCUT2D eigenvalue weighted by molar-refractivity contribution is -0.156. The zero-order valence-corrected chi connectivity index (χ0v) is 9.73. The molecule has 0 radical (unpaired) electrons. The van der Waals surface area contributed by atoms with Crippen molar-refractivity contribution in [1.82, 2.24) is 10.2 Å². The van der Waals surface area contributed by atoms with Gasteiger partial charge in [0.15, 0.2) is 0 Å². The van der Waals surface area contributed by atoms with Crippen LogP contribution in [-0.2, 0) is 14.4 Å². The summed E-state index contributed by atoms with van der Waals surface area (Å²) in [5.74, 6) is -1.38. The fourth-order valence-electron chi connectivity index (χ4n) is 2.53. The van der Waals surface area contributed by atoms with Crippen LogP contribution in [0.4, 0.5) is 0 Å². The number of carboxylic acids is 1. The molecule has 2 rings (SSSR count). The van der Waals surface area contributed by atoms with Crippen LogP contribution in [0, 0.1) is 0 Å². The monoisotopic (exact) mass is 240 g/mol. The van der Waals surface area contributed by atoms with Gasteiger partial charge in [0.25, 0.3) is 0 Å². The van der Waals surface area contributed by atoms with E-state index in [1.54, 1.807) is 6.92 Å². The minimum atomic E-state index is -1.12. The van der Waals surface area contributed by atoms with Gasteiger partial charge in [-0.3, -0.25) is 9.59 Å². The van der Waals surface area contributed by atoms with E-state index >= 15 is 0 Å². The summed E-state index contributed by atoms with van der Waals surface area (Å²) in [4.78, 5) is 35.9. The van der Waals surface area contributed by atoms with Crippen LogP contribution < -0.4 is 5.32 Å². The maximum atomic E-state index is 12.2. The second-order valence-electron chi connectivity index (χ2n) is 4.83. The molecule has 2 atom stereocenters. The highest BCUT2D eigenvalue weighted by Gasteiger charge is 2.48. The van der Waals surface area contributed by atoms with Gasteiger partial charge in [0.1, 0.15) is 11.6 Å². The van der Waals surface area contributed by atoms with Crippen molar-refractivity contribution < 1.29 is 19.5 Å². The molecule has 0 aromatic rings. The van der Waals surface area contributed by atoms with E-state index in [4.69, 9.17) is 0 Å². The highest BCUT2D eigenvalue weighted by atomic mass is 16.4. The Morgan fingerprint density at radius 3 is 2.76 bits per heavy atom. The van der Waals surface area contributed by atoms with E-state index in [2.05, 4.69) is 5.32 Å². The maximum absolute atomic E-state index is 12.2. The molecular formula is C11H16N2O4. The summed E-state index contributed by atoms with van der Waals surface area (Å²) < 4.78 is 0. The van der Waals surface area contributed by atoms with Gasteiger partial charge in [-0.2, -0.15) is 0 Å². The van der Waals surface area contributed by atoms with Crippen molar-refractivity contribution >= 4 is 17.8 Å². The van der Waals surface area contributed by atoms with Gasteiger partial charge in [-0.25, -0.2) is 4.79 Å². The van der Waals surface area contributed by atoms with E-state index in [1.165, 1.54) is 4.90 Å². The topological polar surface area (TPSA) is 86.7 Å². The number of hydrogen-bond acceptors (Lipinski definition) is 3. The molecule has 6 nitrogen and oxygen atoms in total. The first-order valence-corrected chi connectivity index (χ1v) is 5.79. The van der Waals surface area contributed by atoms with Crippen LogP contribution in [0.15, 0.2) is 0 Å². The number of carbonyl (C=O) groups is 3. The van der Waals surface area contributed by atoms with Crippen molar-refractivity contribution in [2.75, 3.05) is 6.54 Å². The van der Waals surface area contributed by atoms with Crippen LogP contribution in [-0.4, -0.2) is 45.9 Å². The molecular weight excluding hydrogens is 224 g/mol. The van der Waals surface area contributed by atoms with Gasteiger partial charge in [-0.05, 0) is 26.2 Å². The van der Waals surface area contributed by atoms with Crippen molar-refractivity contribution in [3.8, 4) is 0 Å². The Balaban J connectivity index is 2.14. The van der Waals surface area contributed by atoms with Crippen molar-refractivity contribution in [3.63, 3.8) is 0 Å². The Morgan fingerprint density at radius 1 is 1.53 bits per heavy atom. The van der Waals surface area contributed by atoms with Crippen LogP contribution in [0.1, 0.15) is 32.6 Å². The number of likely N-dealkylation sites (tertiary alicyclic amines) is 1. The molecule has 2 unspecified atom stereocenters. The van der Waals surface area contributed by atoms with E-state index < -0.39 is 17.6 Å². The molecule has 0 aromatic heterocycles. The minimum absolute atomic E-state index is 0.139. The van der Waals surface area contributed by atoms with E-state index in [1.807, 2.05) is 0 Å². The summed E-state index contributed by atoms with van der Waals surface area (Å²) >= 11 is 0. The number of hydrogen-bond donors (Lipinski definition) is 2. The molecule has 0 aliphatic carbocycles. The Labute approximate surface area is 99.0 Å². The third-order valence-corrected chi connectivity index (χ3v) is 3.66. The van der Waals surface area contributed by atoms with Crippen molar-refractivity contribution in [3.05, 3.63) is 0 Å². The average Bonchev–Trinajstić information content (AvgIpc) is 2.85. The minimum Gasteiger partial charge on any atom is -0.480 e. The van der Waals surface area contributed by atoms with Crippen molar-refractivity contribution in [2.45, 2.75) is 44.2 Å². The van der Waals surface area contributed by atoms with Crippen LogP contribution in [0.2, 0.25) is 0 Å². The SMILES string of the molecule is CC1(C(=O)O)CCCN1C(=O)C1CCC(=O)N1. The molecule has 2 aliphatic rings. The number of carbonyl (C=O) groups excluding carboxylic acids is 2. The Kier molecular flexibility index (Phi) is 2.81. The second-order valence-corrected chi connectivity index (χ2v) is 4.83. The van der Waals surface area contributed by atoms with Crippen LogP contribution in [0.5, 0.6) is 0 Å². The predicted molar refractivity (Wildman–Crippen MR) is 58.2 cm³/mol. The fraction of sp³-hybridized carbons (Fsp3) is 0.727. The number of aliphatic carboxylic acids is 1. The zero-order chi connectivity index (χ0) is 12.6. The number of nitrogens with zero attached hydrogens (tertiary/aromatic N) is 1. The van der Waals surface area contributed by atoms with E-state index in [0.717, 1.165) is 0 Å². The highest BCUT2D eigenvalue weighted by molar-refractivity contribution is 5.94. The molecule has 2 aliphatic heterocycles. The van der Waals surface area contributed by atoms with Crippen molar-refractivity contribution in [2.24, 2.45) is 0 Å². The number of amides is 2. The molecule has 2 saturated heterocycles. The molecule has 0 bridgehead atoms. The normalized spacial score (nSPS) is 32.6. The summed E-state index contributed by atoms with van der Waals surface area (Å²) in [6.07, 6.45) is 1.96. The van der Waals surface area contributed by atoms with Gasteiger partial charge in [0, 0.05) is 13.0 Å². The van der Waals surface area contributed by atoms with Crippen LogP contribution >= 0.6 is 0 Å². The largest absolute Gasteiger partial charge is 0.480 e. The number of carboxylic acid groups (broad SMARTS) is 1. The zero-order valence-electron chi connectivity index (χ0n) is 9.73. The summed E-state index contributed by atoms with van der Waals surface area (Å²) in [5.41, 5.74) is -1.12. The van der Waals surface area contributed by atoms with E-state index in [-0.39, 0.29) is 11.8 Å². The molecule has 2 N–H and O–H groups in total. The van der Waals surface area contributed by atoms with Gasteiger partial charge in [0.05, 0.1) is 0 Å². The lowest BCUT2D eigenvalue weighted by Crippen LogP contribution is -2.55. The first-order chi connectivity index (χ1) is 7.95. The molecule has 17 heavy (non-hydrogen) atoms. The quantitative estimate of drug-likeness (QED) is 0.695. The molecule has 0 spiro atoms. The fourth-order valence-corrected chi connectivity index (χ4v) is 2.53. The van der Waals surface area contributed by atoms with Gasteiger partial charge >= 0.3 is 5.97 Å². The summed E-state index contributed by atoms with van der Waals surface area (Å²) in [6.45, 7) is 2.02. The predicted octanol–water partition coefficient (Wildman–Crippen LogP) is -0.269. The highest BCUT2D eigenvalue weighted by Crippen LogP contribution is 2.30. The maximum Gasteiger partial charge on any atom is 0.329 e. The summed E-state index contributed by atoms with van der Waals surface area (Å²) in [7, 11) is 0. The average molecular weight is 240 g/mol. The Hall–Kier alpha value is -1.59. The smallest absolute Gasteiger partial charge is 0.329 e. The Bertz CT molecular complexity index is 382. The third kappa shape index (κ3) is 1.87. The molecule has 6 heteroatoms. The van der Waals surface area contributed by atoms with Crippen LogP contribution in [0.25, 0.3) is 0 Å². The second kappa shape index (κ2) is 4.01. The summed E-state index contributed by atoms with van der Waals surface area (Å²) in [6, 6.07) is -0.542. The molecule has 2 heterocycles. The molecule has 0 saturated carbocycles. The van der Waals surface area contributed by atoms with Gasteiger partial charge in [0.2, 0.25) is 11.8 Å². The lowest BCUT2D eigenvalue weighted by Gasteiger charge is -2.32. The number of nitrogens with one attached hydrogen (secondary N) is 1. The summed E-state index contributed by atoms with van der Waals surface area (Å²) in [5, 5.41) is 11.8. The van der Waals surface area contributed by atoms with E-state index in [9.17, 15) is 19.5 Å².